The van der Waals surface area contributed by atoms with E-state index >= 15 is 0 Å². The summed E-state index contributed by atoms with van der Waals surface area (Å²) in [5.41, 5.74) is 6.25. The smallest absolute Gasteiger partial charge is 0.231 e. The molecule has 3 N–H and O–H groups in total. The van der Waals surface area contributed by atoms with Crippen LogP contribution in [-0.4, -0.2) is 34.0 Å². The summed E-state index contributed by atoms with van der Waals surface area (Å²) in [5, 5.41) is 7.01. The minimum atomic E-state index is -0.306. The molecule has 2 aromatic rings. The molecule has 0 spiro atoms. The lowest BCUT2D eigenvalue weighted by molar-refractivity contribution is -0.119. The van der Waals surface area contributed by atoms with Crippen molar-refractivity contribution in [1.82, 2.24) is 15.0 Å². The Morgan fingerprint density at radius 3 is 3.09 bits per heavy atom. The number of amides is 1. The highest BCUT2D eigenvalue weighted by Crippen LogP contribution is 2.31. The molecule has 1 fully saturated rings. The molecule has 7 nitrogen and oxygen atoms in total. The van der Waals surface area contributed by atoms with Crippen LogP contribution in [0.4, 0.5) is 11.6 Å². The summed E-state index contributed by atoms with van der Waals surface area (Å²) >= 11 is 0. The zero-order valence-electron chi connectivity index (χ0n) is 12.5. The number of carbonyl (C=O) groups excluding carboxylic acids is 1. The Balaban J connectivity index is 1.77. The molecule has 3 rings (SSSR count). The van der Waals surface area contributed by atoms with Gasteiger partial charge in [-0.2, -0.15) is 0 Å². The Bertz CT molecular complexity index is 669. The zero-order valence-corrected chi connectivity index (χ0v) is 12.5. The third-order valence-corrected chi connectivity index (χ3v) is 3.72. The van der Waals surface area contributed by atoms with Crippen LogP contribution < -0.4 is 11.1 Å². The molecule has 1 atom stereocenters. The van der Waals surface area contributed by atoms with Gasteiger partial charge in [-0.05, 0) is 38.4 Å². The molecule has 0 radical (unpaired) electrons. The quantitative estimate of drug-likeness (QED) is 0.873. The SMILES string of the molecule is Cc1cc(Nc2cccc([C@H]3CCCN3CC(N)=O)n2)no1. The number of aromatic nitrogens is 2. The van der Waals surface area contributed by atoms with E-state index in [0.717, 1.165) is 30.8 Å². The number of likely N-dealkylation sites (tertiary alicyclic amines) is 1. The molecule has 0 unspecified atom stereocenters. The molecular weight excluding hydrogens is 282 g/mol. The monoisotopic (exact) mass is 301 g/mol. The van der Waals surface area contributed by atoms with Crippen molar-refractivity contribution in [2.45, 2.75) is 25.8 Å². The highest BCUT2D eigenvalue weighted by atomic mass is 16.5. The van der Waals surface area contributed by atoms with Crippen LogP contribution >= 0.6 is 0 Å². The highest BCUT2D eigenvalue weighted by molar-refractivity contribution is 5.76. The third kappa shape index (κ3) is 3.25. The van der Waals surface area contributed by atoms with Gasteiger partial charge in [-0.25, -0.2) is 4.98 Å². The first kappa shape index (κ1) is 14.5. The molecule has 1 saturated heterocycles. The van der Waals surface area contributed by atoms with Gasteiger partial charge in [0.2, 0.25) is 5.91 Å². The minimum Gasteiger partial charge on any atom is -0.369 e. The normalized spacial score (nSPS) is 18.5. The average molecular weight is 301 g/mol. The Hall–Kier alpha value is -2.41. The van der Waals surface area contributed by atoms with Gasteiger partial charge in [0, 0.05) is 6.07 Å². The van der Waals surface area contributed by atoms with Crippen molar-refractivity contribution in [3.05, 3.63) is 35.7 Å². The average Bonchev–Trinajstić information content (AvgIpc) is 3.08. The number of primary amides is 1. The van der Waals surface area contributed by atoms with Crippen LogP contribution in [0.2, 0.25) is 0 Å². The van der Waals surface area contributed by atoms with Crippen LogP contribution in [0, 0.1) is 6.92 Å². The van der Waals surface area contributed by atoms with E-state index in [-0.39, 0.29) is 18.5 Å². The first-order chi connectivity index (χ1) is 10.6. The fraction of sp³-hybridized carbons (Fsp3) is 0.400. The summed E-state index contributed by atoms with van der Waals surface area (Å²) in [6.45, 7) is 2.98. The van der Waals surface area contributed by atoms with Gasteiger partial charge in [0.1, 0.15) is 11.6 Å². The van der Waals surface area contributed by atoms with Crippen molar-refractivity contribution in [2.75, 3.05) is 18.4 Å². The van der Waals surface area contributed by atoms with E-state index in [1.165, 1.54) is 0 Å². The number of anilines is 2. The second-order valence-electron chi connectivity index (χ2n) is 5.49. The van der Waals surface area contributed by atoms with Gasteiger partial charge in [0.25, 0.3) is 0 Å². The number of nitrogens with one attached hydrogen (secondary N) is 1. The highest BCUT2D eigenvalue weighted by Gasteiger charge is 2.28. The summed E-state index contributed by atoms with van der Waals surface area (Å²) < 4.78 is 5.03. The number of aryl methyl sites for hydroxylation is 1. The molecule has 7 heteroatoms. The van der Waals surface area contributed by atoms with Crippen LogP contribution in [0.25, 0.3) is 0 Å². The van der Waals surface area contributed by atoms with Gasteiger partial charge in [-0.3, -0.25) is 9.69 Å². The number of carbonyl (C=O) groups is 1. The number of rotatable bonds is 5. The van der Waals surface area contributed by atoms with Crippen molar-refractivity contribution in [2.24, 2.45) is 5.73 Å². The van der Waals surface area contributed by atoms with Crippen molar-refractivity contribution in [3.8, 4) is 0 Å². The van der Waals surface area contributed by atoms with Crippen LogP contribution in [-0.2, 0) is 4.79 Å². The summed E-state index contributed by atoms with van der Waals surface area (Å²) in [5.74, 6) is 1.76. The number of hydrogen-bond donors (Lipinski definition) is 2. The first-order valence-electron chi connectivity index (χ1n) is 7.31. The van der Waals surface area contributed by atoms with Crippen molar-refractivity contribution < 1.29 is 9.32 Å². The van der Waals surface area contributed by atoms with E-state index in [2.05, 4.69) is 20.4 Å². The van der Waals surface area contributed by atoms with Gasteiger partial charge >= 0.3 is 0 Å². The second kappa shape index (κ2) is 6.15. The number of hydrogen-bond acceptors (Lipinski definition) is 6. The molecule has 2 aromatic heterocycles. The molecule has 116 valence electrons. The third-order valence-electron chi connectivity index (χ3n) is 3.72. The Morgan fingerprint density at radius 2 is 2.36 bits per heavy atom. The van der Waals surface area contributed by atoms with E-state index in [1.54, 1.807) is 0 Å². The molecular formula is C15H19N5O2. The molecule has 0 aliphatic carbocycles. The summed E-state index contributed by atoms with van der Waals surface area (Å²) in [4.78, 5) is 17.9. The molecule has 0 bridgehead atoms. The molecule has 1 amide bonds. The fourth-order valence-corrected chi connectivity index (χ4v) is 2.81. The zero-order chi connectivity index (χ0) is 15.5. The standard InChI is InChI=1S/C15H19N5O2/c1-10-8-15(19-22-10)18-14-6-2-4-11(17-14)12-5-3-7-20(12)9-13(16)21/h2,4,6,8,12H,3,5,7,9H2,1H3,(H2,16,21)(H,17,18,19)/t12-/m1/s1. The van der Waals surface area contributed by atoms with Crippen LogP contribution in [0.1, 0.15) is 30.3 Å². The van der Waals surface area contributed by atoms with Gasteiger partial charge in [0.05, 0.1) is 18.3 Å². The van der Waals surface area contributed by atoms with E-state index in [1.807, 2.05) is 31.2 Å². The number of nitrogens with two attached hydrogens (primary N) is 1. The van der Waals surface area contributed by atoms with Crippen molar-refractivity contribution >= 4 is 17.5 Å². The molecule has 0 saturated carbocycles. The maximum atomic E-state index is 11.2. The molecule has 1 aliphatic heterocycles. The summed E-state index contributed by atoms with van der Waals surface area (Å²) in [6, 6.07) is 7.74. The molecule has 22 heavy (non-hydrogen) atoms. The Labute approximate surface area is 128 Å². The van der Waals surface area contributed by atoms with Gasteiger partial charge < -0.3 is 15.6 Å². The fourth-order valence-electron chi connectivity index (χ4n) is 2.81. The van der Waals surface area contributed by atoms with Crippen LogP contribution in [0.5, 0.6) is 0 Å². The second-order valence-corrected chi connectivity index (χ2v) is 5.49. The van der Waals surface area contributed by atoms with Crippen molar-refractivity contribution in [1.29, 1.82) is 0 Å². The van der Waals surface area contributed by atoms with Gasteiger partial charge in [-0.1, -0.05) is 11.2 Å². The van der Waals surface area contributed by atoms with E-state index in [0.29, 0.717) is 11.6 Å². The van der Waals surface area contributed by atoms with Crippen molar-refractivity contribution in [3.63, 3.8) is 0 Å². The Kier molecular flexibility index (Phi) is 4.06. The largest absolute Gasteiger partial charge is 0.369 e. The minimum absolute atomic E-state index is 0.133. The lowest BCUT2D eigenvalue weighted by atomic mass is 10.1. The molecule has 0 aromatic carbocycles. The topological polar surface area (TPSA) is 97.3 Å². The van der Waals surface area contributed by atoms with Gasteiger partial charge in [-0.15, -0.1) is 0 Å². The maximum Gasteiger partial charge on any atom is 0.231 e. The first-order valence-corrected chi connectivity index (χ1v) is 7.31. The summed E-state index contributed by atoms with van der Waals surface area (Å²) in [6.07, 6.45) is 2.02. The van der Waals surface area contributed by atoms with E-state index < -0.39 is 0 Å². The van der Waals surface area contributed by atoms with E-state index in [9.17, 15) is 4.79 Å². The lowest BCUT2D eigenvalue weighted by Gasteiger charge is -2.22. The predicted molar refractivity (Wildman–Crippen MR) is 81.5 cm³/mol. The summed E-state index contributed by atoms with van der Waals surface area (Å²) in [7, 11) is 0. The maximum absolute atomic E-state index is 11.2. The number of nitrogens with zero attached hydrogens (tertiary/aromatic N) is 3. The van der Waals surface area contributed by atoms with Crippen LogP contribution in [0.3, 0.4) is 0 Å². The Morgan fingerprint density at radius 1 is 1.50 bits per heavy atom. The van der Waals surface area contributed by atoms with Crippen LogP contribution in [0.15, 0.2) is 28.8 Å². The molecule has 3 heterocycles. The lowest BCUT2D eigenvalue weighted by Crippen LogP contribution is -2.33. The number of pyridine rings is 1. The van der Waals surface area contributed by atoms with E-state index in [4.69, 9.17) is 10.3 Å². The van der Waals surface area contributed by atoms with Gasteiger partial charge in [0.15, 0.2) is 5.82 Å². The molecule has 1 aliphatic rings. The predicted octanol–water partition coefficient (Wildman–Crippen LogP) is 1.74.